The van der Waals surface area contributed by atoms with E-state index in [0.29, 0.717) is 36.6 Å². The van der Waals surface area contributed by atoms with E-state index in [1.54, 1.807) is 29.2 Å². The average Bonchev–Trinajstić information content (AvgIpc) is 3.12. The molecule has 7 heteroatoms. The molecule has 0 spiro atoms. The zero-order chi connectivity index (χ0) is 19.8. The van der Waals surface area contributed by atoms with Gasteiger partial charge in [0.25, 0.3) is 5.91 Å². The summed E-state index contributed by atoms with van der Waals surface area (Å²) in [6, 6.07) is 15.9. The van der Waals surface area contributed by atoms with Crippen LogP contribution in [0.2, 0.25) is 0 Å². The molecular formula is C21H22N2O5. The molecule has 2 amide bonds. The Hall–Kier alpha value is -3.35. The summed E-state index contributed by atoms with van der Waals surface area (Å²) < 4.78 is 10.7. The molecule has 7 nitrogen and oxygen atoms in total. The smallest absolute Gasteiger partial charge is 0.325 e. The highest BCUT2D eigenvalue weighted by atomic mass is 16.5. The van der Waals surface area contributed by atoms with Gasteiger partial charge in [-0.1, -0.05) is 18.2 Å². The van der Waals surface area contributed by atoms with Gasteiger partial charge in [0, 0.05) is 18.5 Å². The Kier molecular flexibility index (Phi) is 6.62. The number of nitrogens with one attached hydrogen (secondary N) is 1. The van der Waals surface area contributed by atoms with Crippen LogP contribution in [-0.4, -0.2) is 48.9 Å². The fourth-order valence-corrected chi connectivity index (χ4v) is 2.81. The van der Waals surface area contributed by atoms with E-state index in [-0.39, 0.29) is 25.0 Å². The van der Waals surface area contributed by atoms with Crippen LogP contribution in [0.3, 0.4) is 0 Å². The molecule has 1 saturated heterocycles. The molecule has 3 rings (SSSR count). The lowest BCUT2D eigenvalue weighted by molar-refractivity contribution is -0.144. The number of carbonyl (C=O) groups excluding carboxylic acids is 3. The van der Waals surface area contributed by atoms with E-state index in [1.807, 2.05) is 30.3 Å². The number of hydrogen-bond donors (Lipinski definition) is 1. The van der Waals surface area contributed by atoms with Crippen molar-refractivity contribution in [2.45, 2.75) is 12.8 Å². The number of para-hydroxylation sites is 1. The van der Waals surface area contributed by atoms with Crippen LogP contribution in [0.1, 0.15) is 23.2 Å². The Bertz CT molecular complexity index is 820. The zero-order valence-corrected chi connectivity index (χ0v) is 15.4. The van der Waals surface area contributed by atoms with E-state index in [1.165, 1.54) is 0 Å². The van der Waals surface area contributed by atoms with E-state index >= 15 is 0 Å². The van der Waals surface area contributed by atoms with Crippen molar-refractivity contribution in [3.05, 3.63) is 60.2 Å². The summed E-state index contributed by atoms with van der Waals surface area (Å²) in [6.45, 7) is 1.000. The predicted octanol–water partition coefficient (Wildman–Crippen LogP) is 2.37. The fourth-order valence-electron chi connectivity index (χ4n) is 2.81. The second kappa shape index (κ2) is 9.55. The number of rotatable bonds is 8. The van der Waals surface area contributed by atoms with Crippen molar-refractivity contribution in [1.29, 1.82) is 0 Å². The quantitative estimate of drug-likeness (QED) is 0.709. The first-order chi connectivity index (χ1) is 13.6. The summed E-state index contributed by atoms with van der Waals surface area (Å²) in [4.78, 5) is 37.0. The molecule has 0 unspecified atom stereocenters. The highest BCUT2D eigenvalue weighted by Gasteiger charge is 2.19. The minimum absolute atomic E-state index is 0.0871. The molecule has 1 heterocycles. The van der Waals surface area contributed by atoms with E-state index < -0.39 is 5.97 Å². The Morgan fingerprint density at radius 1 is 1.00 bits per heavy atom. The van der Waals surface area contributed by atoms with Gasteiger partial charge in [-0.25, -0.2) is 0 Å². The Balaban J connectivity index is 1.39. The number of hydrogen-bond acceptors (Lipinski definition) is 5. The van der Waals surface area contributed by atoms with Crippen molar-refractivity contribution in [2.75, 3.05) is 26.2 Å². The minimum atomic E-state index is -0.538. The van der Waals surface area contributed by atoms with Crippen LogP contribution in [-0.2, 0) is 14.3 Å². The molecule has 1 aliphatic heterocycles. The SMILES string of the molecule is O=C(CNC(=O)c1ccc(Oc2ccccc2)cc1)OCCN1CCCC1=O. The maximum absolute atomic E-state index is 12.1. The topological polar surface area (TPSA) is 84.9 Å². The highest BCUT2D eigenvalue weighted by molar-refractivity contribution is 5.96. The Morgan fingerprint density at radius 3 is 2.39 bits per heavy atom. The number of benzene rings is 2. The first-order valence-electron chi connectivity index (χ1n) is 9.16. The standard InChI is InChI=1S/C21H22N2O5/c24-19-7-4-12-23(19)13-14-27-20(25)15-22-21(26)16-8-10-18(11-9-16)28-17-5-2-1-3-6-17/h1-3,5-6,8-11H,4,7,12-15H2,(H,22,26). The number of ether oxygens (including phenoxy) is 2. The molecule has 0 atom stereocenters. The van der Waals surface area contributed by atoms with Gasteiger partial charge in [-0.2, -0.15) is 0 Å². The van der Waals surface area contributed by atoms with Crippen LogP contribution >= 0.6 is 0 Å². The van der Waals surface area contributed by atoms with Gasteiger partial charge in [0.05, 0.1) is 6.54 Å². The van der Waals surface area contributed by atoms with Gasteiger partial charge in [0.15, 0.2) is 0 Å². The molecule has 1 fully saturated rings. The highest BCUT2D eigenvalue weighted by Crippen LogP contribution is 2.21. The third-order valence-corrected chi connectivity index (χ3v) is 4.28. The summed E-state index contributed by atoms with van der Waals surface area (Å²) in [6.07, 6.45) is 1.40. The molecule has 2 aromatic rings. The molecular weight excluding hydrogens is 360 g/mol. The summed E-state index contributed by atoms with van der Waals surface area (Å²) in [5, 5.41) is 2.52. The lowest BCUT2D eigenvalue weighted by Gasteiger charge is -2.15. The Morgan fingerprint density at radius 2 is 1.71 bits per heavy atom. The van der Waals surface area contributed by atoms with Crippen LogP contribution < -0.4 is 10.1 Å². The maximum Gasteiger partial charge on any atom is 0.325 e. The van der Waals surface area contributed by atoms with Gasteiger partial charge in [0.2, 0.25) is 5.91 Å². The van der Waals surface area contributed by atoms with Crippen LogP contribution in [0.25, 0.3) is 0 Å². The van der Waals surface area contributed by atoms with E-state index in [2.05, 4.69) is 5.32 Å². The lowest BCUT2D eigenvalue weighted by atomic mass is 10.2. The molecule has 2 aromatic carbocycles. The largest absolute Gasteiger partial charge is 0.462 e. The summed E-state index contributed by atoms with van der Waals surface area (Å²) in [5.41, 5.74) is 0.413. The molecule has 0 radical (unpaired) electrons. The van der Waals surface area contributed by atoms with E-state index in [0.717, 1.165) is 6.42 Å². The second-order valence-corrected chi connectivity index (χ2v) is 6.33. The van der Waals surface area contributed by atoms with Gasteiger partial charge in [-0.3, -0.25) is 14.4 Å². The van der Waals surface area contributed by atoms with E-state index in [4.69, 9.17) is 9.47 Å². The lowest BCUT2D eigenvalue weighted by Crippen LogP contribution is -2.33. The molecule has 1 aliphatic rings. The number of nitrogens with zero attached hydrogens (tertiary/aromatic N) is 1. The monoisotopic (exact) mass is 382 g/mol. The fraction of sp³-hybridized carbons (Fsp3) is 0.286. The van der Waals surface area contributed by atoms with E-state index in [9.17, 15) is 14.4 Å². The van der Waals surface area contributed by atoms with Crippen LogP contribution in [0.15, 0.2) is 54.6 Å². The maximum atomic E-state index is 12.1. The first-order valence-corrected chi connectivity index (χ1v) is 9.16. The normalized spacial score (nSPS) is 13.3. The van der Waals surface area contributed by atoms with Crippen molar-refractivity contribution < 1.29 is 23.9 Å². The molecule has 0 aromatic heterocycles. The third kappa shape index (κ3) is 5.57. The summed E-state index contributed by atoms with van der Waals surface area (Å²) in [7, 11) is 0. The molecule has 28 heavy (non-hydrogen) atoms. The van der Waals surface area contributed by atoms with Gasteiger partial charge < -0.3 is 19.7 Å². The van der Waals surface area contributed by atoms with Gasteiger partial charge in [-0.05, 0) is 42.8 Å². The predicted molar refractivity (Wildman–Crippen MR) is 102 cm³/mol. The Labute approximate surface area is 163 Å². The number of amides is 2. The van der Waals surface area contributed by atoms with Gasteiger partial charge in [-0.15, -0.1) is 0 Å². The molecule has 0 saturated carbocycles. The second-order valence-electron chi connectivity index (χ2n) is 6.33. The first kappa shape index (κ1) is 19.4. The van der Waals surface area contributed by atoms with Crippen molar-refractivity contribution in [3.63, 3.8) is 0 Å². The van der Waals surface area contributed by atoms with Crippen molar-refractivity contribution in [2.24, 2.45) is 0 Å². The number of carbonyl (C=O) groups is 3. The number of likely N-dealkylation sites (tertiary alicyclic amines) is 1. The van der Waals surface area contributed by atoms with Crippen LogP contribution in [0.4, 0.5) is 0 Å². The van der Waals surface area contributed by atoms with Crippen LogP contribution in [0, 0.1) is 0 Å². The van der Waals surface area contributed by atoms with Gasteiger partial charge in [0.1, 0.15) is 24.7 Å². The summed E-state index contributed by atoms with van der Waals surface area (Å²) >= 11 is 0. The zero-order valence-electron chi connectivity index (χ0n) is 15.4. The average molecular weight is 382 g/mol. The molecule has 1 N–H and O–H groups in total. The number of esters is 1. The third-order valence-electron chi connectivity index (χ3n) is 4.28. The van der Waals surface area contributed by atoms with Crippen molar-refractivity contribution >= 4 is 17.8 Å². The molecule has 0 bridgehead atoms. The van der Waals surface area contributed by atoms with Crippen LogP contribution in [0.5, 0.6) is 11.5 Å². The summed E-state index contributed by atoms with van der Waals surface area (Å²) in [5.74, 6) is 0.489. The molecule has 0 aliphatic carbocycles. The van der Waals surface area contributed by atoms with Gasteiger partial charge >= 0.3 is 5.97 Å². The van der Waals surface area contributed by atoms with Crippen molar-refractivity contribution in [3.8, 4) is 11.5 Å². The van der Waals surface area contributed by atoms with Crippen molar-refractivity contribution in [1.82, 2.24) is 10.2 Å². The minimum Gasteiger partial charge on any atom is -0.462 e. The molecule has 146 valence electrons.